The van der Waals surface area contributed by atoms with Crippen molar-refractivity contribution < 1.29 is 0 Å². The molecule has 0 bridgehead atoms. The highest BCUT2D eigenvalue weighted by molar-refractivity contribution is 5.40. The first-order valence-electron chi connectivity index (χ1n) is 5.48. The van der Waals surface area contributed by atoms with Gasteiger partial charge in [-0.15, -0.1) is 0 Å². The van der Waals surface area contributed by atoms with Crippen LogP contribution in [0.15, 0.2) is 12.4 Å². The van der Waals surface area contributed by atoms with E-state index in [0.29, 0.717) is 11.7 Å². The van der Waals surface area contributed by atoms with E-state index in [4.69, 9.17) is 5.26 Å². The summed E-state index contributed by atoms with van der Waals surface area (Å²) in [5.41, 5.74) is 0.369. The average Bonchev–Trinajstić information content (AvgIpc) is 2.78. The zero-order valence-corrected chi connectivity index (χ0v) is 9.35. The van der Waals surface area contributed by atoms with Crippen molar-refractivity contribution in [2.45, 2.75) is 18.9 Å². The van der Waals surface area contributed by atoms with E-state index in [-0.39, 0.29) is 0 Å². The van der Waals surface area contributed by atoms with Gasteiger partial charge in [0, 0.05) is 19.1 Å². The van der Waals surface area contributed by atoms with Gasteiger partial charge in [0.1, 0.15) is 11.9 Å². The van der Waals surface area contributed by atoms with Crippen molar-refractivity contribution in [3.63, 3.8) is 0 Å². The van der Waals surface area contributed by atoms with Gasteiger partial charge in [0.2, 0.25) is 0 Å². The van der Waals surface area contributed by atoms with Gasteiger partial charge in [-0.2, -0.15) is 5.26 Å². The molecule has 2 rings (SSSR count). The van der Waals surface area contributed by atoms with Gasteiger partial charge in [-0.1, -0.05) is 0 Å². The van der Waals surface area contributed by atoms with E-state index in [1.807, 2.05) is 13.1 Å². The quantitative estimate of drug-likeness (QED) is 0.800. The lowest BCUT2D eigenvalue weighted by molar-refractivity contribution is 0.611. The Labute approximate surface area is 95.1 Å². The Kier molecular flexibility index (Phi) is 3.32. The molecule has 1 aromatic heterocycles. The van der Waals surface area contributed by atoms with Crippen molar-refractivity contribution in [2.24, 2.45) is 0 Å². The van der Waals surface area contributed by atoms with Crippen LogP contribution in [-0.4, -0.2) is 36.1 Å². The number of hydrogen-bond acceptors (Lipinski definition) is 5. The number of rotatable bonds is 3. The molecular weight excluding hydrogens is 202 g/mol. The highest BCUT2D eigenvalue weighted by atomic mass is 15.2. The summed E-state index contributed by atoms with van der Waals surface area (Å²) in [6.07, 6.45) is 5.59. The minimum absolute atomic E-state index is 0.369. The molecule has 0 aliphatic carbocycles. The second-order valence-corrected chi connectivity index (χ2v) is 3.92. The molecule has 0 saturated carbocycles. The van der Waals surface area contributed by atoms with Crippen LogP contribution >= 0.6 is 0 Å². The van der Waals surface area contributed by atoms with Crippen LogP contribution in [0.3, 0.4) is 0 Å². The molecular formula is C11H15N5. The lowest BCUT2D eigenvalue weighted by Gasteiger charge is -2.24. The summed E-state index contributed by atoms with van der Waals surface area (Å²) in [5.74, 6) is 0.872. The number of likely N-dealkylation sites (N-methyl/N-ethyl adjacent to an activating group) is 1. The molecule has 1 fully saturated rings. The number of nitrogens with one attached hydrogen (secondary N) is 1. The molecule has 84 valence electrons. The van der Waals surface area contributed by atoms with E-state index >= 15 is 0 Å². The highest BCUT2D eigenvalue weighted by Crippen LogP contribution is 2.22. The first-order valence-corrected chi connectivity index (χ1v) is 5.48. The van der Waals surface area contributed by atoms with Crippen molar-refractivity contribution in [1.29, 1.82) is 5.26 Å². The summed E-state index contributed by atoms with van der Waals surface area (Å²) in [4.78, 5) is 10.6. The fourth-order valence-electron chi connectivity index (χ4n) is 2.11. The van der Waals surface area contributed by atoms with Gasteiger partial charge >= 0.3 is 0 Å². The van der Waals surface area contributed by atoms with Crippen molar-refractivity contribution in [1.82, 2.24) is 15.3 Å². The second-order valence-electron chi connectivity index (χ2n) is 3.92. The first-order chi connectivity index (χ1) is 7.85. The molecule has 0 aromatic carbocycles. The van der Waals surface area contributed by atoms with Gasteiger partial charge < -0.3 is 10.2 Å². The Hall–Kier alpha value is -1.67. The SMILES string of the molecule is CNCC1CCCN1c1cnc(C#N)cn1. The maximum Gasteiger partial charge on any atom is 0.158 e. The molecule has 1 aromatic rings. The number of aromatic nitrogens is 2. The van der Waals surface area contributed by atoms with Crippen LogP contribution in [0.2, 0.25) is 0 Å². The molecule has 1 saturated heterocycles. The second kappa shape index (κ2) is 4.90. The van der Waals surface area contributed by atoms with Gasteiger partial charge in [-0.25, -0.2) is 9.97 Å². The molecule has 16 heavy (non-hydrogen) atoms. The molecule has 0 radical (unpaired) electrons. The summed E-state index contributed by atoms with van der Waals surface area (Å²) >= 11 is 0. The van der Waals surface area contributed by atoms with Crippen LogP contribution in [-0.2, 0) is 0 Å². The number of hydrogen-bond donors (Lipinski definition) is 1. The third kappa shape index (κ3) is 2.12. The molecule has 2 heterocycles. The van der Waals surface area contributed by atoms with Gasteiger partial charge in [0.05, 0.1) is 12.4 Å². The van der Waals surface area contributed by atoms with Crippen molar-refractivity contribution in [3.8, 4) is 6.07 Å². The monoisotopic (exact) mass is 217 g/mol. The minimum Gasteiger partial charge on any atom is -0.351 e. The molecule has 1 N–H and O–H groups in total. The lowest BCUT2D eigenvalue weighted by atomic mass is 10.2. The van der Waals surface area contributed by atoms with Crippen LogP contribution in [0.25, 0.3) is 0 Å². The van der Waals surface area contributed by atoms with Crippen LogP contribution in [0.1, 0.15) is 18.5 Å². The molecule has 5 heteroatoms. The van der Waals surface area contributed by atoms with E-state index in [2.05, 4.69) is 20.2 Å². The van der Waals surface area contributed by atoms with Crippen LogP contribution < -0.4 is 10.2 Å². The maximum atomic E-state index is 8.65. The predicted molar refractivity (Wildman–Crippen MR) is 61.0 cm³/mol. The summed E-state index contributed by atoms with van der Waals surface area (Å²) in [7, 11) is 1.96. The number of anilines is 1. The topological polar surface area (TPSA) is 64.8 Å². The summed E-state index contributed by atoms with van der Waals surface area (Å²) in [5, 5.41) is 11.8. The maximum absolute atomic E-state index is 8.65. The van der Waals surface area contributed by atoms with Gasteiger partial charge in [-0.05, 0) is 19.9 Å². The van der Waals surface area contributed by atoms with Crippen molar-refractivity contribution in [2.75, 3.05) is 25.0 Å². The lowest BCUT2D eigenvalue weighted by Crippen LogP contribution is -2.37. The Morgan fingerprint density at radius 1 is 1.56 bits per heavy atom. The zero-order valence-electron chi connectivity index (χ0n) is 9.35. The van der Waals surface area contributed by atoms with Gasteiger partial charge in [0.15, 0.2) is 5.69 Å². The molecule has 5 nitrogen and oxygen atoms in total. The largest absolute Gasteiger partial charge is 0.351 e. The van der Waals surface area contributed by atoms with Crippen molar-refractivity contribution in [3.05, 3.63) is 18.1 Å². The average molecular weight is 217 g/mol. The first kappa shape index (κ1) is 10.8. The molecule has 1 unspecified atom stereocenters. The van der Waals surface area contributed by atoms with Crippen LogP contribution in [0.4, 0.5) is 5.82 Å². The fraction of sp³-hybridized carbons (Fsp3) is 0.545. The van der Waals surface area contributed by atoms with Gasteiger partial charge in [0.25, 0.3) is 0 Å². The zero-order chi connectivity index (χ0) is 11.4. The highest BCUT2D eigenvalue weighted by Gasteiger charge is 2.24. The third-order valence-electron chi connectivity index (χ3n) is 2.86. The standard InChI is InChI=1S/C11H15N5/c1-13-7-10-3-2-4-16(10)11-8-14-9(5-12)6-15-11/h6,8,10,13H,2-4,7H2,1H3. The molecule has 1 atom stereocenters. The van der Waals surface area contributed by atoms with Crippen LogP contribution in [0, 0.1) is 11.3 Å². The van der Waals surface area contributed by atoms with E-state index in [1.54, 1.807) is 6.20 Å². The van der Waals surface area contributed by atoms with E-state index in [0.717, 1.165) is 18.9 Å². The fourth-order valence-corrected chi connectivity index (χ4v) is 2.11. The Morgan fingerprint density at radius 3 is 3.06 bits per heavy atom. The predicted octanol–water partition coefficient (Wildman–Crippen LogP) is 0.536. The summed E-state index contributed by atoms with van der Waals surface area (Å²) < 4.78 is 0. The van der Waals surface area contributed by atoms with E-state index in [9.17, 15) is 0 Å². The van der Waals surface area contributed by atoms with E-state index < -0.39 is 0 Å². The minimum atomic E-state index is 0.369. The van der Waals surface area contributed by atoms with Gasteiger partial charge in [-0.3, -0.25) is 0 Å². The van der Waals surface area contributed by atoms with E-state index in [1.165, 1.54) is 19.0 Å². The number of nitrogens with zero attached hydrogens (tertiary/aromatic N) is 4. The van der Waals surface area contributed by atoms with Crippen molar-refractivity contribution >= 4 is 5.82 Å². The summed E-state index contributed by atoms with van der Waals surface area (Å²) in [6.45, 7) is 1.98. The normalized spacial score (nSPS) is 19.8. The molecule has 0 amide bonds. The molecule has 0 spiro atoms. The Bertz CT molecular complexity index is 380. The molecule has 1 aliphatic rings. The Balaban J connectivity index is 2.13. The molecule has 1 aliphatic heterocycles. The number of nitriles is 1. The third-order valence-corrected chi connectivity index (χ3v) is 2.86. The van der Waals surface area contributed by atoms with Crippen LogP contribution in [0.5, 0.6) is 0 Å². The smallest absolute Gasteiger partial charge is 0.158 e. The summed E-state index contributed by atoms with van der Waals surface area (Å²) in [6, 6.07) is 2.47. The Morgan fingerprint density at radius 2 is 2.44 bits per heavy atom.